The SMILES string of the molecule is CC(=O)Nc1ccc(NC(=O)C2CCCN(C(N)=O)C2)cc1Cl. The molecule has 1 fully saturated rings. The molecule has 1 unspecified atom stereocenters. The van der Waals surface area contributed by atoms with E-state index in [1.165, 1.54) is 11.8 Å². The van der Waals surface area contributed by atoms with E-state index in [1.54, 1.807) is 18.2 Å². The molecule has 0 spiro atoms. The van der Waals surface area contributed by atoms with Gasteiger partial charge >= 0.3 is 6.03 Å². The maximum absolute atomic E-state index is 12.3. The summed E-state index contributed by atoms with van der Waals surface area (Å²) in [4.78, 5) is 36.0. The average molecular weight is 339 g/mol. The Labute approximate surface area is 139 Å². The van der Waals surface area contributed by atoms with E-state index in [-0.39, 0.29) is 17.7 Å². The minimum Gasteiger partial charge on any atom is -0.351 e. The molecule has 1 aromatic rings. The summed E-state index contributed by atoms with van der Waals surface area (Å²) < 4.78 is 0. The lowest BCUT2D eigenvalue weighted by molar-refractivity contribution is -0.121. The quantitative estimate of drug-likeness (QED) is 0.785. The standard InChI is InChI=1S/C15H19ClN4O3/c1-9(21)18-13-5-4-11(7-12(13)16)19-14(22)10-3-2-6-20(8-10)15(17)23/h4-5,7,10H,2-3,6,8H2,1H3,(H2,17,23)(H,18,21)(H,19,22). The monoisotopic (exact) mass is 338 g/mol. The Bertz CT molecular complexity index is 635. The van der Waals surface area contributed by atoms with Crippen LogP contribution in [0, 0.1) is 5.92 Å². The van der Waals surface area contributed by atoms with Gasteiger partial charge < -0.3 is 21.3 Å². The number of benzene rings is 1. The molecule has 0 bridgehead atoms. The number of piperidine rings is 1. The van der Waals surface area contributed by atoms with Crippen molar-refractivity contribution < 1.29 is 14.4 Å². The van der Waals surface area contributed by atoms with E-state index in [4.69, 9.17) is 17.3 Å². The van der Waals surface area contributed by atoms with Crippen molar-refractivity contribution in [3.05, 3.63) is 23.2 Å². The summed E-state index contributed by atoms with van der Waals surface area (Å²) in [5.74, 6) is -0.707. The number of carbonyl (C=O) groups excluding carboxylic acids is 3. The number of hydrogen-bond acceptors (Lipinski definition) is 3. The number of hydrogen-bond donors (Lipinski definition) is 3. The van der Waals surface area contributed by atoms with E-state index in [0.29, 0.717) is 35.9 Å². The fourth-order valence-corrected chi connectivity index (χ4v) is 2.75. The van der Waals surface area contributed by atoms with Crippen molar-refractivity contribution >= 4 is 40.8 Å². The molecule has 0 aromatic heterocycles. The third-order valence-corrected chi connectivity index (χ3v) is 3.96. The Morgan fingerprint density at radius 2 is 2.04 bits per heavy atom. The van der Waals surface area contributed by atoms with Crippen LogP contribution in [0.4, 0.5) is 16.2 Å². The minimum absolute atomic E-state index is 0.181. The number of halogens is 1. The number of amides is 4. The van der Waals surface area contributed by atoms with Crippen LogP contribution in [0.25, 0.3) is 0 Å². The molecule has 4 amide bonds. The van der Waals surface area contributed by atoms with Crippen molar-refractivity contribution in [2.75, 3.05) is 23.7 Å². The molecule has 124 valence electrons. The number of anilines is 2. The Kier molecular flexibility index (Phi) is 5.44. The molecule has 1 aliphatic rings. The van der Waals surface area contributed by atoms with Crippen LogP contribution in [-0.4, -0.2) is 35.8 Å². The largest absolute Gasteiger partial charge is 0.351 e. The molecule has 1 saturated heterocycles. The van der Waals surface area contributed by atoms with Gasteiger partial charge in [-0.1, -0.05) is 11.6 Å². The zero-order chi connectivity index (χ0) is 17.0. The van der Waals surface area contributed by atoms with Gasteiger partial charge in [0.05, 0.1) is 16.6 Å². The van der Waals surface area contributed by atoms with Crippen LogP contribution in [0.3, 0.4) is 0 Å². The van der Waals surface area contributed by atoms with E-state index in [2.05, 4.69) is 10.6 Å². The lowest BCUT2D eigenvalue weighted by atomic mass is 9.97. The number of nitrogens with zero attached hydrogens (tertiary/aromatic N) is 1. The summed E-state index contributed by atoms with van der Waals surface area (Å²) in [7, 11) is 0. The summed E-state index contributed by atoms with van der Waals surface area (Å²) in [5.41, 5.74) is 6.28. The molecule has 4 N–H and O–H groups in total. The van der Waals surface area contributed by atoms with E-state index in [0.717, 1.165) is 6.42 Å². The van der Waals surface area contributed by atoms with Gasteiger partial charge in [0.2, 0.25) is 11.8 Å². The first-order valence-corrected chi connectivity index (χ1v) is 7.67. The number of carbonyl (C=O) groups is 3. The number of rotatable bonds is 3. The predicted molar refractivity (Wildman–Crippen MR) is 88.3 cm³/mol. The van der Waals surface area contributed by atoms with Crippen molar-refractivity contribution in [1.29, 1.82) is 0 Å². The van der Waals surface area contributed by atoms with Gasteiger partial charge in [0.1, 0.15) is 0 Å². The van der Waals surface area contributed by atoms with Crippen molar-refractivity contribution in [3.63, 3.8) is 0 Å². The lowest BCUT2D eigenvalue weighted by Crippen LogP contribution is -2.46. The van der Waals surface area contributed by atoms with Crippen LogP contribution in [-0.2, 0) is 9.59 Å². The second-order valence-electron chi connectivity index (χ2n) is 5.49. The van der Waals surface area contributed by atoms with Crippen LogP contribution in [0.1, 0.15) is 19.8 Å². The van der Waals surface area contributed by atoms with E-state index >= 15 is 0 Å². The molecule has 0 radical (unpaired) electrons. The molecule has 1 aliphatic heterocycles. The number of urea groups is 1. The highest BCUT2D eigenvalue weighted by Crippen LogP contribution is 2.26. The van der Waals surface area contributed by atoms with Crippen LogP contribution in [0.2, 0.25) is 5.02 Å². The Morgan fingerprint density at radius 1 is 1.30 bits per heavy atom. The molecule has 0 saturated carbocycles. The van der Waals surface area contributed by atoms with Crippen LogP contribution in [0.5, 0.6) is 0 Å². The summed E-state index contributed by atoms with van der Waals surface area (Å²) in [6.07, 6.45) is 1.44. The second kappa shape index (κ2) is 7.32. The van der Waals surface area contributed by atoms with E-state index in [9.17, 15) is 14.4 Å². The normalized spacial score (nSPS) is 17.5. The fourth-order valence-electron chi connectivity index (χ4n) is 2.52. The van der Waals surface area contributed by atoms with Gasteiger partial charge in [-0.15, -0.1) is 0 Å². The Morgan fingerprint density at radius 3 is 2.65 bits per heavy atom. The number of likely N-dealkylation sites (tertiary alicyclic amines) is 1. The molecular weight excluding hydrogens is 320 g/mol. The summed E-state index contributed by atoms with van der Waals surface area (Å²) in [5, 5.41) is 5.70. The minimum atomic E-state index is -0.509. The van der Waals surface area contributed by atoms with Gasteiger partial charge in [0.25, 0.3) is 0 Å². The van der Waals surface area contributed by atoms with E-state index in [1.807, 2.05) is 0 Å². The van der Waals surface area contributed by atoms with Crippen molar-refractivity contribution in [1.82, 2.24) is 4.90 Å². The lowest BCUT2D eigenvalue weighted by Gasteiger charge is -2.30. The van der Waals surface area contributed by atoms with Crippen molar-refractivity contribution in [2.24, 2.45) is 11.7 Å². The van der Waals surface area contributed by atoms with Crippen LogP contribution < -0.4 is 16.4 Å². The first-order chi connectivity index (χ1) is 10.9. The predicted octanol–water partition coefficient (Wildman–Crippen LogP) is 2.03. The highest BCUT2D eigenvalue weighted by atomic mass is 35.5. The first-order valence-electron chi connectivity index (χ1n) is 7.29. The van der Waals surface area contributed by atoms with E-state index < -0.39 is 6.03 Å². The molecule has 1 heterocycles. The molecule has 1 atom stereocenters. The average Bonchev–Trinajstić information content (AvgIpc) is 2.49. The zero-order valence-electron chi connectivity index (χ0n) is 12.8. The molecular formula is C15H19ClN4O3. The molecule has 1 aromatic carbocycles. The highest BCUT2D eigenvalue weighted by molar-refractivity contribution is 6.34. The van der Waals surface area contributed by atoms with Crippen molar-refractivity contribution in [3.8, 4) is 0 Å². The second-order valence-corrected chi connectivity index (χ2v) is 5.90. The maximum atomic E-state index is 12.3. The smallest absolute Gasteiger partial charge is 0.314 e. The third kappa shape index (κ3) is 4.59. The van der Waals surface area contributed by atoms with Gasteiger partial charge in [0.15, 0.2) is 0 Å². The van der Waals surface area contributed by atoms with Crippen LogP contribution in [0.15, 0.2) is 18.2 Å². The van der Waals surface area contributed by atoms with Gasteiger partial charge in [-0.05, 0) is 31.0 Å². The fraction of sp³-hybridized carbons (Fsp3) is 0.400. The highest BCUT2D eigenvalue weighted by Gasteiger charge is 2.27. The Hall–Kier alpha value is -2.28. The zero-order valence-corrected chi connectivity index (χ0v) is 13.5. The van der Waals surface area contributed by atoms with Gasteiger partial charge in [-0.2, -0.15) is 0 Å². The maximum Gasteiger partial charge on any atom is 0.314 e. The van der Waals surface area contributed by atoms with Gasteiger partial charge in [0, 0.05) is 25.7 Å². The van der Waals surface area contributed by atoms with Gasteiger partial charge in [-0.25, -0.2) is 4.79 Å². The third-order valence-electron chi connectivity index (χ3n) is 3.65. The summed E-state index contributed by atoms with van der Waals surface area (Å²) in [6, 6.07) is 4.34. The molecule has 8 heteroatoms. The molecule has 0 aliphatic carbocycles. The Balaban J connectivity index is 2.01. The first kappa shape index (κ1) is 17.1. The molecule has 2 rings (SSSR count). The topological polar surface area (TPSA) is 105 Å². The number of primary amides is 1. The van der Waals surface area contributed by atoms with Crippen molar-refractivity contribution in [2.45, 2.75) is 19.8 Å². The number of nitrogens with one attached hydrogen (secondary N) is 2. The molecule has 23 heavy (non-hydrogen) atoms. The number of nitrogens with two attached hydrogens (primary N) is 1. The summed E-state index contributed by atoms with van der Waals surface area (Å²) >= 11 is 6.07. The molecule has 7 nitrogen and oxygen atoms in total. The van der Waals surface area contributed by atoms with Gasteiger partial charge in [-0.3, -0.25) is 9.59 Å². The van der Waals surface area contributed by atoms with Crippen LogP contribution >= 0.6 is 11.6 Å². The summed E-state index contributed by atoms with van der Waals surface area (Å²) in [6.45, 7) is 2.29.